The first-order chi connectivity index (χ1) is 14.0. The molecule has 0 saturated carbocycles. The molecule has 2 amide bonds. The highest BCUT2D eigenvalue weighted by atomic mass is 16.2. The molecule has 1 aromatic carbocycles. The van der Waals surface area contributed by atoms with Crippen LogP contribution in [0.2, 0.25) is 0 Å². The lowest BCUT2D eigenvalue weighted by molar-refractivity contribution is -0.132. The van der Waals surface area contributed by atoms with E-state index in [0.717, 1.165) is 54.7 Å². The summed E-state index contributed by atoms with van der Waals surface area (Å²) in [6.45, 7) is 5.05. The smallest absolute Gasteiger partial charge is 0.254 e. The molecule has 154 valence electrons. The summed E-state index contributed by atoms with van der Waals surface area (Å²) in [5.41, 5.74) is 5.12. The quantitative estimate of drug-likeness (QED) is 0.801. The monoisotopic (exact) mass is 394 g/mol. The predicted octanol–water partition coefficient (Wildman–Crippen LogP) is 2.87. The zero-order valence-electron chi connectivity index (χ0n) is 17.5. The summed E-state index contributed by atoms with van der Waals surface area (Å²) in [6, 6.07) is 7.76. The van der Waals surface area contributed by atoms with E-state index in [1.54, 1.807) is 0 Å². The maximum Gasteiger partial charge on any atom is 0.254 e. The lowest BCUT2D eigenvalue weighted by Crippen LogP contribution is -2.37. The minimum Gasteiger partial charge on any atom is -0.343 e. The molecule has 0 spiro atoms. The molecule has 6 nitrogen and oxygen atoms in total. The van der Waals surface area contributed by atoms with Gasteiger partial charge in [0.1, 0.15) is 0 Å². The lowest BCUT2D eigenvalue weighted by atomic mass is 10.0. The van der Waals surface area contributed by atoms with E-state index in [0.29, 0.717) is 25.9 Å². The van der Waals surface area contributed by atoms with Gasteiger partial charge in [0.2, 0.25) is 5.91 Å². The van der Waals surface area contributed by atoms with Gasteiger partial charge < -0.3 is 9.80 Å². The van der Waals surface area contributed by atoms with Gasteiger partial charge in [-0.1, -0.05) is 17.7 Å². The van der Waals surface area contributed by atoms with Crippen LogP contribution in [0, 0.1) is 6.92 Å². The minimum atomic E-state index is 0.0681. The minimum absolute atomic E-state index is 0.0681. The Kier molecular flexibility index (Phi) is 5.69. The van der Waals surface area contributed by atoms with Crippen LogP contribution in [-0.4, -0.2) is 51.0 Å². The number of benzene rings is 1. The summed E-state index contributed by atoms with van der Waals surface area (Å²) in [4.78, 5) is 29.5. The van der Waals surface area contributed by atoms with E-state index < -0.39 is 0 Å². The fraction of sp³-hybridized carbons (Fsp3) is 0.522. The topological polar surface area (TPSA) is 58.4 Å². The van der Waals surface area contributed by atoms with Crippen molar-refractivity contribution in [3.63, 3.8) is 0 Å². The number of aryl methyl sites for hydroxylation is 3. The second-order valence-electron chi connectivity index (χ2n) is 8.28. The molecular weight excluding hydrogens is 364 g/mol. The summed E-state index contributed by atoms with van der Waals surface area (Å²) in [6.07, 6.45) is 5.39. The predicted molar refractivity (Wildman–Crippen MR) is 112 cm³/mol. The van der Waals surface area contributed by atoms with Gasteiger partial charge in [-0.25, -0.2) is 0 Å². The Hall–Kier alpha value is -2.63. The maximum atomic E-state index is 13.0. The third-order valence-corrected chi connectivity index (χ3v) is 6.16. The van der Waals surface area contributed by atoms with Gasteiger partial charge in [0, 0.05) is 69.3 Å². The molecule has 0 bridgehead atoms. The molecule has 1 saturated heterocycles. The number of likely N-dealkylation sites (tertiary alicyclic amines) is 1. The molecule has 2 aromatic rings. The van der Waals surface area contributed by atoms with Crippen LogP contribution >= 0.6 is 0 Å². The first-order valence-electron chi connectivity index (χ1n) is 10.7. The molecule has 2 aliphatic heterocycles. The van der Waals surface area contributed by atoms with Crippen LogP contribution in [0.1, 0.15) is 58.6 Å². The van der Waals surface area contributed by atoms with Gasteiger partial charge in [0.25, 0.3) is 5.91 Å². The number of fused-ring (bicyclic) bond motifs is 1. The average Bonchev–Trinajstić information content (AvgIpc) is 3.07. The van der Waals surface area contributed by atoms with Gasteiger partial charge in [-0.3, -0.25) is 14.3 Å². The van der Waals surface area contributed by atoms with Crippen LogP contribution in [0.15, 0.2) is 24.3 Å². The van der Waals surface area contributed by atoms with Gasteiger partial charge >= 0.3 is 0 Å². The molecule has 0 aliphatic carbocycles. The molecule has 0 unspecified atom stereocenters. The van der Waals surface area contributed by atoms with Crippen LogP contribution in [0.4, 0.5) is 0 Å². The number of carbonyl (C=O) groups excluding carboxylic acids is 2. The van der Waals surface area contributed by atoms with Crippen molar-refractivity contribution in [2.45, 2.75) is 52.0 Å². The Bertz CT molecular complexity index is 912. The number of hydrogen-bond donors (Lipinski definition) is 0. The fourth-order valence-electron chi connectivity index (χ4n) is 4.53. The van der Waals surface area contributed by atoms with Crippen molar-refractivity contribution in [3.05, 3.63) is 52.3 Å². The highest BCUT2D eigenvalue weighted by molar-refractivity contribution is 5.94. The highest BCUT2D eigenvalue weighted by Crippen LogP contribution is 2.25. The lowest BCUT2D eigenvalue weighted by Gasteiger charge is -2.28. The summed E-state index contributed by atoms with van der Waals surface area (Å²) >= 11 is 0. The summed E-state index contributed by atoms with van der Waals surface area (Å²) < 4.78 is 1.94. The number of piperidine rings is 1. The van der Waals surface area contributed by atoms with Crippen molar-refractivity contribution in [1.82, 2.24) is 19.6 Å². The third-order valence-electron chi connectivity index (χ3n) is 6.16. The van der Waals surface area contributed by atoms with Crippen molar-refractivity contribution in [1.29, 1.82) is 0 Å². The van der Waals surface area contributed by atoms with Crippen molar-refractivity contribution >= 4 is 11.8 Å². The van der Waals surface area contributed by atoms with Crippen molar-refractivity contribution in [3.8, 4) is 0 Å². The molecule has 4 rings (SSSR count). The first-order valence-corrected chi connectivity index (χ1v) is 10.7. The van der Waals surface area contributed by atoms with Gasteiger partial charge in [-0.15, -0.1) is 0 Å². The molecular formula is C23H30N4O2. The highest BCUT2D eigenvalue weighted by Gasteiger charge is 2.28. The van der Waals surface area contributed by atoms with Gasteiger partial charge in [-0.2, -0.15) is 5.10 Å². The molecule has 0 N–H and O–H groups in total. The normalized spacial score (nSPS) is 16.6. The van der Waals surface area contributed by atoms with Crippen LogP contribution < -0.4 is 0 Å². The van der Waals surface area contributed by atoms with Gasteiger partial charge in [0.05, 0.1) is 5.69 Å². The van der Waals surface area contributed by atoms with Crippen LogP contribution in [-0.2, 0) is 31.2 Å². The van der Waals surface area contributed by atoms with E-state index in [1.807, 2.05) is 52.7 Å². The van der Waals surface area contributed by atoms with E-state index in [9.17, 15) is 9.59 Å². The fourth-order valence-corrected chi connectivity index (χ4v) is 4.53. The van der Waals surface area contributed by atoms with Crippen molar-refractivity contribution < 1.29 is 9.59 Å². The summed E-state index contributed by atoms with van der Waals surface area (Å²) in [5, 5.41) is 4.70. The van der Waals surface area contributed by atoms with Crippen LogP contribution in [0.25, 0.3) is 0 Å². The number of aromatic nitrogens is 2. The molecule has 1 aromatic heterocycles. The third kappa shape index (κ3) is 4.21. The second kappa shape index (κ2) is 8.39. The van der Waals surface area contributed by atoms with Crippen molar-refractivity contribution in [2.24, 2.45) is 7.05 Å². The SMILES string of the molecule is Cc1cccc(C(=O)N2CCc3c(c(CCC(=O)N4CCCCC4)nn3C)C2)c1. The standard InChI is InChI=1S/C23H30N4O2/c1-17-7-6-8-18(15-17)23(29)27-14-11-21-19(16-27)20(24-25(21)2)9-10-22(28)26-12-4-3-5-13-26/h6-8,15H,3-5,9-14,16H2,1-2H3. The number of nitrogens with zero attached hydrogens (tertiary/aromatic N) is 4. The first kappa shape index (κ1) is 19.7. The Morgan fingerprint density at radius 2 is 1.86 bits per heavy atom. The van der Waals surface area contributed by atoms with Gasteiger partial charge in [0.15, 0.2) is 0 Å². The molecule has 29 heavy (non-hydrogen) atoms. The molecule has 6 heteroatoms. The Balaban J connectivity index is 1.46. The Labute approximate surface area is 172 Å². The maximum absolute atomic E-state index is 13.0. The van der Waals surface area contributed by atoms with Crippen LogP contribution in [0.3, 0.4) is 0 Å². The molecule has 3 heterocycles. The zero-order valence-corrected chi connectivity index (χ0v) is 17.5. The Morgan fingerprint density at radius 1 is 1.07 bits per heavy atom. The molecule has 0 atom stereocenters. The number of carbonyl (C=O) groups is 2. The second-order valence-corrected chi connectivity index (χ2v) is 8.28. The zero-order chi connectivity index (χ0) is 20.4. The number of rotatable bonds is 4. The van der Waals surface area contributed by atoms with E-state index >= 15 is 0 Å². The van der Waals surface area contributed by atoms with Crippen molar-refractivity contribution in [2.75, 3.05) is 19.6 Å². The largest absolute Gasteiger partial charge is 0.343 e. The van der Waals surface area contributed by atoms with E-state index in [4.69, 9.17) is 5.10 Å². The van der Waals surface area contributed by atoms with E-state index in [1.165, 1.54) is 12.1 Å². The van der Waals surface area contributed by atoms with Crippen LogP contribution in [0.5, 0.6) is 0 Å². The summed E-state index contributed by atoms with van der Waals surface area (Å²) in [7, 11) is 1.97. The average molecular weight is 395 g/mol. The van der Waals surface area contributed by atoms with E-state index in [2.05, 4.69) is 0 Å². The van der Waals surface area contributed by atoms with Gasteiger partial charge in [-0.05, 0) is 38.3 Å². The summed E-state index contributed by atoms with van der Waals surface area (Å²) in [5.74, 6) is 0.297. The molecule has 0 radical (unpaired) electrons. The molecule has 2 aliphatic rings. The number of hydrogen-bond acceptors (Lipinski definition) is 3. The van der Waals surface area contributed by atoms with E-state index in [-0.39, 0.29) is 11.8 Å². The Morgan fingerprint density at radius 3 is 2.62 bits per heavy atom. The number of amides is 2. The molecule has 1 fully saturated rings.